The Labute approximate surface area is 96.2 Å². The molecule has 0 amide bonds. The van der Waals surface area contributed by atoms with E-state index in [2.05, 4.69) is 17.6 Å². The highest BCUT2D eigenvalue weighted by atomic mass is 15.1. The maximum atomic E-state index is 3.73. The fraction of sp³-hybridized carbons (Fsp3) is 1.00. The Hall–Kier alpha value is -0.0800. The third-order valence-corrected chi connectivity index (χ3v) is 2.89. The number of piperidine rings is 1. The lowest BCUT2D eigenvalue weighted by molar-refractivity contribution is 0.347. The lowest BCUT2D eigenvalue weighted by Crippen LogP contribution is -2.44. The van der Waals surface area contributed by atoms with Crippen molar-refractivity contribution in [3.63, 3.8) is 0 Å². The van der Waals surface area contributed by atoms with Crippen LogP contribution in [0.2, 0.25) is 0 Å². The molecule has 2 rings (SSSR count). The van der Waals surface area contributed by atoms with Gasteiger partial charge in [-0.15, -0.1) is 0 Å². The third-order valence-electron chi connectivity index (χ3n) is 2.89. The lowest BCUT2D eigenvalue weighted by Gasteiger charge is -2.27. The highest BCUT2D eigenvalue weighted by molar-refractivity contribution is 4.99. The van der Waals surface area contributed by atoms with Crippen molar-refractivity contribution in [2.75, 3.05) is 13.1 Å². The van der Waals surface area contributed by atoms with Crippen molar-refractivity contribution in [3.05, 3.63) is 0 Å². The summed E-state index contributed by atoms with van der Waals surface area (Å²) in [6, 6.07) is 0.795. The molecule has 1 heterocycles. The molecule has 2 heteroatoms. The van der Waals surface area contributed by atoms with Gasteiger partial charge in [0.25, 0.3) is 0 Å². The molecule has 15 heavy (non-hydrogen) atoms. The number of rotatable bonds is 2. The molecule has 1 saturated heterocycles. The molecule has 1 saturated carbocycles. The van der Waals surface area contributed by atoms with E-state index in [1.807, 2.05) is 27.7 Å². The second kappa shape index (κ2) is 8.12. The molecular formula is C13H30N2. The van der Waals surface area contributed by atoms with Crippen LogP contribution in [0.1, 0.15) is 60.3 Å². The van der Waals surface area contributed by atoms with Gasteiger partial charge in [-0.25, -0.2) is 0 Å². The molecule has 2 N–H and O–H groups in total. The molecule has 1 aliphatic heterocycles. The molecule has 0 bridgehead atoms. The van der Waals surface area contributed by atoms with Gasteiger partial charge in [0.2, 0.25) is 0 Å². The van der Waals surface area contributed by atoms with Crippen LogP contribution in [0.25, 0.3) is 0 Å². The van der Waals surface area contributed by atoms with E-state index in [4.69, 9.17) is 0 Å². The van der Waals surface area contributed by atoms with E-state index in [0.29, 0.717) is 5.54 Å². The first kappa shape index (κ1) is 14.9. The molecule has 0 atom stereocenters. The first-order valence-electron chi connectivity index (χ1n) is 6.77. The molecule has 2 fully saturated rings. The average molecular weight is 214 g/mol. The average Bonchev–Trinajstić information content (AvgIpc) is 3.03. The summed E-state index contributed by atoms with van der Waals surface area (Å²) in [5.74, 6) is 0. The highest BCUT2D eigenvalue weighted by Crippen LogP contribution is 2.35. The second-order valence-corrected chi connectivity index (χ2v) is 4.23. The van der Waals surface area contributed by atoms with E-state index in [-0.39, 0.29) is 0 Å². The summed E-state index contributed by atoms with van der Waals surface area (Å²) >= 11 is 0. The van der Waals surface area contributed by atoms with E-state index >= 15 is 0 Å². The molecule has 0 aromatic rings. The zero-order valence-corrected chi connectivity index (χ0v) is 11.3. The second-order valence-electron chi connectivity index (χ2n) is 4.23. The van der Waals surface area contributed by atoms with Crippen molar-refractivity contribution in [2.45, 2.75) is 71.9 Å². The Bertz CT molecular complexity index is 135. The standard InChI is InChI=1S/C9H18N2.2C2H6/c1-9(4-5-9)11-8-2-6-10-7-3-8;2*1-2/h8,10-11H,2-7H2,1H3;2*1-2H3. The Morgan fingerprint density at radius 2 is 1.47 bits per heavy atom. The van der Waals surface area contributed by atoms with Crippen molar-refractivity contribution in [1.82, 2.24) is 10.6 Å². The molecule has 2 aliphatic rings. The van der Waals surface area contributed by atoms with E-state index in [9.17, 15) is 0 Å². The number of hydrogen-bond acceptors (Lipinski definition) is 2. The first-order chi connectivity index (χ1) is 7.29. The maximum absolute atomic E-state index is 3.73. The summed E-state index contributed by atoms with van der Waals surface area (Å²) in [4.78, 5) is 0. The van der Waals surface area contributed by atoms with Crippen LogP contribution in [0.15, 0.2) is 0 Å². The zero-order chi connectivity index (χ0) is 11.7. The highest BCUT2D eigenvalue weighted by Gasteiger charge is 2.38. The topological polar surface area (TPSA) is 24.1 Å². The minimum absolute atomic E-state index is 0.530. The van der Waals surface area contributed by atoms with Crippen LogP contribution >= 0.6 is 0 Å². The van der Waals surface area contributed by atoms with Crippen molar-refractivity contribution >= 4 is 0 Å². The molecular weight excluding hydrogens is 184 g/mol. The van der Waals surface area contributed by atoms with Gasteiger partial charge in [0.05, 0.1) is 0 Å². The van der Waals surface area contributed by atoms with Crippen molar-refractivity contribution in [1.29, 1.82) is 0 Å². The maximum Gasteiger partial charge on any atom is 0.0157 e. The van der Waals surface area contributed by atoms with Crippen LogP contribution in [0.4, 0.5) is 0 Å². The van der Waals surface area contributed by atoms with E-state index in [0.717, 1.165) is 6.04 Å². The molecule has 2 nitrogen and oxygen atoms in total. The molecule has 0 aromatic heterocycles. The Morgan fingerprint density at radius 1 is 1.00 bits per heavy atom. The van der Waals surface area contributed by atoms with Crippen molar-refractivity contribution in [3.8, 4) is 0 Å². The summed E-state index contributed by atoms with van der Waals surface area (Å²) in [5, 5.41) is 7.11. The Morgan fingerprint density at radius 3 is 1.87 bits per heavy atom. The van der Waals surface area contributed by atoms with Gasteiger partial charge in [-0.05, 0) is 45.7 Å². The van der Waals surface area contributed by atoms with Crippen LogP contribution in [0, 0.1) is 0 Å². The normalized spacial score (nSPS) is 23.0. The van der Waals surface area contributed by atoms with E-state index < -0.39 is 0 Å². The summed E-state index contributed by atoms with van der Waals surface area (Å²) in [6.45, 7) is 12.7. The van der Waals surface area contributed by atoms with Gasteiger partial charge in [0.1, 0.15) is 0 Å². The fourth-order valence-corrected chi connectivity index (χ4v) is 1.79. The smallest absolute Gasteiger partial charge is 0.0157 e. The van der Waals surface area contributed by atoms with Crippen LogP contribution < -0.4 is 10.6 Å². The Kier molecular flexibility index (Phi) is 8.07. The van der Waals surface area contributed by atoms with E-state index in [1.54, 1.807) is 0 Å². The quantitative estimate of drug-likeness (QED) is 0.738. The molecule has 1 aliphatic carbocycles. The van der Waals surface area contributed by atoms with Gasteiger partial charge in [0, 0.05) is 11.6 Å². The third kappa shape index (κ3) is 6.16. The summed E-state index contributed by atoms with van der Waals surface area (Å²) in [7, 11) is 0. The van der Waals surface area contributed by atoms with Gasteiger partial charge in [-0.2, -0.15) is 0 Å². The van der Waals surface area contributed by atoms with Gasteiger partial charge in [0.15, 0.2) is 0 Å². The molecule has 0 radical (unpaired) electrons. The molecule has 0 aromatic carbocycles. The Balaban J connectivity index is 0.000000442. The monoisotopic (exact) mass is 214 g/mol. The van der Waals surface area contributed by atoms with E-state index in [1.165, 1.54) is 38.8 Å². The summed E-state index contributed by atoms with van der Waals surface area (Å²) in [5.41, 5.74) is 0.530. The van der Waals surface area contributed by atoms with Crippen molar-refractivity contribution in [2.24, 2.45) is 0 Å². The fourth-order valence-electron chi connectivity index (χ4n) is 1.79. The van der Waals surface area contributed by atoms with Gasteiger partial charge >= 0.3 is 0 Å². The van der Waals surface area contributed by atoms with Crippen LogP contribution in [-0.2, 0) is 0 Å². The largest absolute Gasteiger partial charge is 0.317 e. The van der Waals surface area contributed by atoms with Crippen LogP contribution in [-0.4, -0.2) is 24.7 Å². The summed E-state index contributed by atoms with van der Waals surface area (Å²) < 4.78 is 0. The predicted octanol–water partition coefficient (Wildman–Crippen LogP) is 2.93. The molecule has 92 valence electrons. The SMILES string of the molecule is CC.CC.CC1(NC2CCNCC2)CC1. The van der Waals surface area contributed by atoms with Crippen LogP contribution in [0.5, 0.6) is 0 Å². The molecule has 0 spiro atoms. The van der Waals surface area contributed by atoms with Gasteiger partial charge in [-0.1, -0.05) is 27.7 Å². The van der Waals surface area contributed by atoms with Gasteiger partial charge in [-0.3, -0.25) is 0 Å². The van der Waals surface area contributed by atoms with Gasteiger partial charge < -0.3 is 10.6 Å². The molecule has 0 unspecified atom stereocenters. The van der Waals surface area contributed by atoms with Crippen molar-refractivity contribution < 1.29 is 0 Å². The number of hydrogen-bond donors (Lipinski definition) is 2. The summed E-state index contributed by atoms with van der Waals surface area (Å²) in [6.07, 6.45) is 5.40. The first-order valence-corrected chi connectivity index (χ1v) is 6.77. The minimum atomic E-state index is 0.530. The minimum Gasteiger partial charge on any atom is -0.317 e. The number of nitrogens with one attached hydrogen (secondary N) is 2. The zero-order valence-electron chi connectivity index (χ0n) is 11.3. The predicted molar refractivity (Wildman–Crippen MR) is 69.4 cm³/mol. The lowest BCUT2D eigenvalue weighted by atomic mass is 10.1. The van der Waals surface area contributed by atoms with Crippen LogP contribution in [0.3, 0.4) is 0 Å².